The van der Waals surface area contributed by atoms with E-state index in [0.29, 0.717) is 17.2 Å². The predicted octanol–water partition coefficient (Wildman–Crippen LogP) is 5.40. The number of para-hydroxylation sites is 1. The summed E-state index contributed by atoms with van der Waals surface area (Å²) in [5.41, 5.74) is 3.98. The van der Waals surface area contributed by atoms with Crippen molar-refractivity contribution in [2.45, 2.75) is 39.0 Å². The van der Waals surface area contributed by atoms with Crippen molar-refractivity contribution in [1.29, 1.82) is 0 Å². The number of amides is 2. The fourth-order valence-corrected chi connectivity index (χ4v) is 6.24. The third-order valence-corrected chi connectivity index (χ3v) is 8.51. The number of nitrogens with zero attached hydrogens (tertiary/aromatic N) is 4. The summed E-state index contributed by atoms with van der Waals surface area (Å²) in [4.78, 5) is 41.7. The number of pyridine rings is 1. The summed E-state index contributed by atoms with van der Waals surface area (Å²) >= 11 is 0. The summed E-state index contributed by atoms with van der Waals surface area (Å²) in [5, 5.41) is 2.03. The van der Waals surface area contributed by atoms with Crippen LogP contribution in [0, 0.1) is 12.8 Å². The lowest BCUT2D eigenvalue weighted by Gasteiger charge is -2.37. The fourth-order valence-electron chi connectivity index (χ4n) is 6.24. The van der Waals surface area contributed by atoms with Crippen LogP contribution in [0.3, 0.4) is 0 Å². The monoisotopic (exact) mass is 523 g/mol. The average molecular weight is 524 g/mol. The Morgan fingerprint density at radius 1 is 1.00 bits per heavy atom. The SMILES string of the molecule is Cc1c[nH]c2cc(C(=O)N(CC(=O)N3CCC(CN4CCCCC4)CC3)c3cccc4cccnc34)ccc12. The highest BCUT2D eigenvalue weighted by molar-refractivity contribution is 6.13. The molecule has 0 radical (unpaired) electrons. The second-order valence-corrected chi connectivity index (χ2v) is 11.2. The Balaban J connectivity index is 1.23. The summed E-state index contributed by atoms with van der Waals surface area (Å²) < 4.78 is 0. The Hall–Kier alpha value is -3.71. The van der Waals surface area contributed by atoms with E-state index in [1.165, 1.54) is 32.4 Å². The van der Waals surface area contributed by atoms with Crippen LogP contribution in [-0.2, 0) is 4.79 Å². The number of fused-ring (bicyclic) bond motifs is 2. The summed E-state index contributed by atoms with van der Waals surface area (Å²) in [6.45, 7) is 7.11. The van der Waals surface area contributed by atoms with E-state index in [1.54, 1.807) is 11.1 Å². The number of aryl methyl sites for hydroxylation is 1. The van der Waals surface area contributed by atoms with Gasteiger partial charge in [-0.2, -0.15) is 0 Å². The molecule has 39 heavy (non-hydrogen) atoms. The molecule has 7 nitrogen and oxygen atoms in total. The van der Waals surface area contributed by atoms with Crippen LogP contribution >= 0.6 is 0 Å². The van der Waals surface area contributed by atoms with E-state index in [-0.39, 0.29) is 18.4 Å². The predicted molar refractivity (Wildman–Crippen MR) is 156 cm³/mol. The van der Waals surface area contributed by atoms with Crippen molar-refractivity contribution >= 4 is 39.3 Å². The molecule has 0 spiro atoms. The van der Waals surface area contributed by atoms with Crippen LogP contribution in [0.15, 0.2) is 60.9 Å². The molecule has 0 atom stereocenters. The molecule has 2 aliphatic rings. The molecule has 0 bridgehead atoms. The molecule has 2 aliphatic heterocycles. The first kappa shape index (κ1) is 25.6. The first-order valence-electron chi connectivity index (χ1n) is 14.3. The molecule has 202 valence electrons. The zero-order valence-electron chi connectivity index (χ0n) is 22.7. The first-order chi connectivity index (χ1) is 19.1. The minimum atomic E-state index is -0.198. The van der Waals surface area contributed by atoms with E-state index in [1.807, 2.05) is 66.6 Å². The first-order valence-corrected chi connectivity index (χ1v) is 14.3. The van der Waals surface area contributed by atoms with Gasteiger partial charge in [0.15, 0.2) is 0 Å². The van der Waals surface area contributed by atoms with Crippen LogP contribution in [0.1, 0.15) is 48.0 Å². The van der Waals surface area contributed by atoms with Crippen molar-refractivity contribution in [3.8, 4) is 0 Å². The number of aromatic amines is 1. The molecule has 1 N–H and O–H groups in total. The van der Waals surface area contributed by atoms with E-state index < -0.39 is 0 Å². The second kappa shape index (κ2) is 11.2. The molecule has 0 unspecified atom stereocenters. The van der Waals surface area contributed by atoms with Gasteiger partial charge in [-0.1, -0.05) is 30.7 Å². The molecule has 2 aromatic heterocycles. The average Bonchev–Trinajstić information content (AvgIpc) is 3.36. The maximum Gasteiger partial charge on any atom is 0.258 e. The van der Waals surface area contributed by atoms with E-state index >= 15 is 0 Å². The van der Waals surface area contributed by atoms with Gasteiger partial charge in [-0.3, -0.25) is 19.5 Å². The van der Waals surface area contributed by atoms with Crippen molar-refractivity contribution in [1.82, 2.24) is 19.8 Å². The highest BCUT2D eigenvalue weighted by Gasteiger charge is 2.29. The number of piperidine rings is 2. The molecule has 0 saturated carbocycles. The van der Waals surface area contributed by atoms with Crippen LogP contribution in [0.4, 0.5) is 5.69 Å². The van der Waals surface area contributed by atoms with Crippen LogP contribution in [0.5, 0.6) is 0 Å². The van der Waals surface area contributed by atoms with Gasteiger partial charge in [0.2, 0.25) is 5.91 Å². The van der Waals surface area contributed by atoms with Gasteiger partial charge in [0, 0.05) is 53.9 Å². The van der Waals surface area contributed by atoms with Crippen molar-refractivity contribution in [3.05, 3.63) is 72.1 Å². The van der Waals surface area contributed by atoms with Crippen LogP contribution in [0.25, 0.3) is 21.8 Å². The normalized spacial score (nSPS) is 17.1. The lowest BCUT2D eigenvalue weighted by atomic mass is 9.95. The highest BCUT2D eigenvalue weighted by Crippen LogP contribution is 2.28. The van der Waals surface area contributed by atoms with Crippen molar-refractivity contribution in [2.75, 3.05) is 44.2 Å². The van der Waals surface area contributed by atoms with Gasteiger partial charge >= 0.3 is 0 Å². The quantitative estimate of drug-likeness (QED) is 0.368. The topological polar surface area (TPSA) is 72.5 Å². The lowest BCUT2D eigenvalue weighted by Crippen LogP contribution is -2.47. The number of hydrogen-bond donors (Lipinski definition) is 1. The van der Waals surface area contributed by atoms with Gasteiger partial charge in [-0.15, -0.1) is 0 Å². The highest BCUT2D eigenvalue weighted by atomic mass is 16.2. The second-order valence-electron chi connectivity index (χ2n) is 11.2. The minimum Gasteiger partial charge on any atom is -0.361 e. The number of rotatable bonds is 6. The zero-order chi connectivity index (χ0) is 26.8. The van der Waals surface area contributed by atoms with Gasteiger partial charge in [-0.05, 0) is 81.4 Å². The van der Waals surface area contributed by atoms with Crippen LogP contribution in [-0.4, -0.2) is 70.9 Å². The molecule has 2 fully saturated rings. The Kier molecular flexibility index (Phi) is 7.33. The summed E-state index contributed by atoms with van der Waals surface area (Å²) in [6, 6.07) is 15.4. The Morgan fingerprint density at radius 3 is 2.62 bits per heavy atom. The van der Waals surface area contributed by atoms with Gasteiger partial charge in [0.25, 0.3) is 5.91 Å². The van der Waals surface area contributed by atoms with Crippen LogP contribution < -0.4 is 4.90 Å². The Morgan fingerprint density at radius 2 is 1.79 bits per heavy atom. The number of anilines is 1. The summed E-state index contributed by atoms with van der Waals surface area (Å²) in [6.07, 6.45) is 9.69. The summed E-state index contributed by atoms with van der Waals surface area (Å²) in [5.74, 6) is 0.434. The summed E-state index contributed by atoms with van der Waals surface area (Å²) in [7, 11) is 0. The molecule has 7 heteroatoms. The van der Waals surface area contributed by atoms with E-state index in [9.17, 15) is 9.59 Å². The van der Waals surface area contributed by atoms with Crippen molar-refractivity contribution in [3.63, 3.8) is 0 Å². The maximum atomic E-state index is 14.0. The molecule has 2 saturated heterocycles. The molecule has 2 aromatic carbocycles. The molecular weight excluding hydrogens is 486 g/mol. The number of aromatic nitrogens is 2. The number of nitrogens with one attached hydrogen (secondary N) is 1. The van der Waals surface area contributed by atoms with Crippen molar-refractivity contribution in [2.24, 2.45) is 5.92 Å². The smallest absolute Gasteiger partial charge is 0.258 e. The fraction of sp³-hybridized carbons (Fsp3) is 0.406. The van der Waals surface area contributed by atoms with Gasteiger partial charge in [-0.25, -0.2) is 0 Å². The Bertz CT molecular complexity index is 1480. The maximum absolute atomic E-state index is 14.0. The Labute approximate surface area is 229 Å². The molecular formula is C32H37N5O2. The van der Waals surface area contributed by atoms with E-state index in [0.717, 1.165) is 59.8 Å². The molecule has 2 amide bonds. The third-order valence-electron chi connectivity index (χ3n) is 8.51. The van der Waals surface area contributed by atoms with Crippen molar-refractivity contribution < 1.29 is 9.59 Å². The van der Waals surface area contributed by atoms with Gasteiger partial charge < -0.3 is 14.8 Å². The number of likely N-dealkylation sites (tertiary alicyclic amines) is 2. The third kappa shape index (κ3) is 5.41. The number of benzene rings is 2. The van der Waals surface area contributed by atoms with Gasteiger partial charge in [0.05, 0.1) is 11.2 Å². The lowest BCUT2D eigenvalue weighted by molar-refractivity contribution is -0.131. The number of hydrogen-bond acceptors (Lipinski definition) is 4. The number of carbonyl (C=O) groups excluding carboxylic acids is 2. The molecule has 4 heterocycles. The van der Waals surface area contributed by atoms with Crippen LogP contribution in [0.2, 0.25) is 0 Å². The van der Waals surface area contributed by atoms with Gasteiger partial charge in [0.1, 0.15) is 6.54 Å². The standard InChI is InChI=1S/C32H37N5O2/c1-23-20-34-28-19-26(10-11-27(23)28)32(39)37(29-9-5-7-25-8-6-14-33-31(25)29)22-30(38)36-17-12-24(13-18-36)21-35-15-3-2-4-16-35/h5-11,14,19-20,24,34H,2-4,12-13,15-18,21-22H2,1H3. The van der Waals surface area contributed by atoms with E-state index in [4.69, 9.17) is 0 Å². The molecule has 6 rings (SSSR count). The number of H-pyrrole nitrogens is 1. The largest absolute Gasteiger partial charge is 0.361 e. The minimum absolute atomic E-state index is 0.00684. The number of carbonyl (C=O) groups is 2. The van der Waals surface area contributed by atoms with E-state index in [2.05, 4.69) is 14.9 Å². The molecule has 0 aliphatic carbocycles. The zero-order valence-corrected chi connectivity index (χ0v) is 22.7. The molecule has 4 aromatic rings.